The number of ether oxygens (including phenoxy) is 2. The van der Waals surface area contributed by atoms with Crippen molar-refractivity contribution in [3.05, 3.63) is 0 Å². The third kappa shape index (κ3) is 14.0. The van der Waals surface area contributed by atoms with E-state index >= 15 is 0 Å². The number of unbranched alkanes of at least 4 members (excludes halogenated alkanes) is 6. The van der Waals surface area contributed by atoms with Gasteiger partial charge >= 0.3 is 12.1 Å². The molecular formula is C20H38N2O5. The Balaban J connectivity index is 3.90. The van der Waals surface area contributed by atoms with Crippen LogP contribution >= 0.6 is 0 Å². The van der Waals surface area contributed by atoms with Gasteiger partial charge in [-0.15, -0.1) is 0 Å². The predicted molar refractivity (Wildman–Crippen MR) is 105 cm³/mol. The molecule has 0 spiro atoms. The standard InChI is InChI=1S/C20H38N2O5/c1-6-7-8-9-10-11-12-13-26-19(24)15-21(4)18(23)14-22(5)20(25)27-16-17(2)3/h17H,6-16H2,1-5H3. The number of hydrogen-bond acceptors (Lipinski definition) is 5. The van der Waals surface area contributed by atoms with Crippen molar-refractivity contribution in [1.82, 2.24) is 9.80 Å². The van der Waals surface area contributed by atoms with Crippen molar-refractivity contribution in [2.45, 2.75) is 65.7 Å². The number of rotatable bonds is 14. The quantitative estimate of drug-likeness (QED) is 0.337. The minimum absolute atomic E-state index is 0.121. The highest BCUT2D eigenvalue weighted by Gasteiger charge is 2.19. The van der Waals surface area contributed by atoms with E-state index in [2.05, 4.69) is 6.92 Å². The Kier molecular flexibility index (Phi) is 14.3. The number of esters is 1. The Bertz CT molecular complexity index is 440. The smallest absolute Gasteiger partial charge is 0.409 e. The van der Waals surface area contributed by atoms with E-state index in [4.69, 9.17) is 9.47 Å². The van der Waals surface area contributed by atoms with Crippen LogP contribution in [0.15, 0.2) is 0 Å². The van der Waals surface area contributed by atoms with Crippen molar-refractivity contribution < 1.29 is 23.9 Å². The number of hydrogen-bond donors (Lipinski definition) is 0. The molecule has 0 aromatic rings. The molecule has 158 valence electrons. The molecule has 0 aliphatic rings. The summed E-state index contributed by atoms with van der Waals surface area (Å²) in [5, 5.41) is 0. The molecule has 0 atom stereocenters. The Morgan fingerprint density at radius 3 is 2.00 bits per heavy atom. The second-order valence-electron chi connectivity index (χ2n) is 7.42. The van der Waals surface area contributed by atoms with E-state index in [1.165, 1.54) is 49.6 Å². The summed E-state index contributed by atoms with van der Waals surface area (Å²) in [6.45, 7) is 6.49. The van der Waals surface area contributed by atoms with Crippen LogP contribution in [0.4, 0.5) is 4.79 Å². The summed E-state index contributed by atoms with van der Waals surface area (Å²) in [6.07, 6.45) is 7.52. The lowest BCUT2D eigenvalue weighted by Crippen LogP contribution is -2.42. The van der Waals surface area contributed by atoms with Crippen molar-refractivity contribution in [2.24, 2.45) is 5.92 Å². The van der Waals surface area contributed by atoms with E-state index < -0.39 is 12.1 Å². The van der Waals surface area contributed by atoms with Crippen molar-refractivity contribution in [3.63, 3.8) is 0 Å². The average molecular weight is 387 g/mol. The molecule has 0 N–H and O–H groups in total. The lowest BCUT2D eigenvalue weighted by atomic mass is 10.1. The maximum absolute atomic E-state index is 12.1. The molecule has 27 heavy (non-hydrogen) atoms. The zero-order valence-corrected chi connectivity index (χ0v) is 17.8. The first-order valence-electron chi connectivity index (χ1n) is 10.0. The topological polar surface area (TPSA) is 76.2 Å². The molecule has 0 fully saturated rings. The lowest BCUT2D eigenvalue weighted by molar-refractivity contribution is -0.148. The monoisotopic (exact) mass is 386 g/mol. The minimum atomic E-state index is -0.549. The minimum Gasteiger partial charge on any atom is -0.464 e. The van der Waals surface area contributed by atoms with Crippen molar-refractivity contribution in [3.8, 4) is 0 Å². The SMILES string of the molecule is CCCCCCCCCOC(=O)CN(C)C(=O)CN(C)C(=O)OCC(C)C. The number of carbonyl (C=O) groups is 3. The molecule has 0 aromatic carbocycles. The van der Waals surface area contributed by atoms with Crippen molar-refractivity contribution >= 4 is 18.0 Å². The molecule has 0 rings (SSSR count). The zero-order chi connectivity index (χ0) is 20.7. The summed E-state index contributed by atoms with van der Waals surface area (Å²) in [5.74, 6) is -0.541. The molecular weight excluding hydrogens is 348 g/mol. The molecule has 7 heteroatoms. The first kappa shape index (κ1) is 25.2. The van der Waals surface area contributed by atoms with Crippen LogP contribution in [0.25, 0.3) is 0 Å². The van der Waals surface area contributed by atoms with E-state index in [0.717, 1.165) is 19.3 Å². The van der Waals surface area contributed by atoms with Gasteiger partial charge in [0.2, 0.25) is 5.91 Å². The van der Waals surface area contributed by atoms with Gasteiger partial charge < -0.3 is 19.3 Å². The van der Waals surface area contributed by atoms with E-state index in [9.17, 15) is 14.4 Å². The van der Waals surface area contributed by atoms with Gasteiger partial charge in [-0.3, -0.25) is 9.59 Å². The molecule has 0 aromatic heterocycles. The molecule has 0 heterocycles. The van der Waals surface area contributed by atoms with Crippen molar-refractivity contribution in [2.75, 3.05) is 40.4 Å². The largest absolute Gasteiger partial charge is 0.464 e. The fourth-order valence-electron chi connectivity index (χ4n) is 2.31. The summed E-state index contributed by atoms with van der Waals surface area (Å²) in [6, 6.07) is 0. The molecule has 0 aliphatic heterocycles. The Morgan fingerprint density at radius 2 is 1.41 bits per heavy atom. The second kappa shape index (κ2) is 15.3. The average Bonchev–Trinajstić information content (AvgIpc) is 2.61. The van der Waals surface area contributed by atoms with Crippen LogP contribution < -0.4 is 0 Å². The Hall–Kier alpha value is -1.79. The van der Waals surface area contributed by atoms with Gasteiger partial charge in [0.05, 0.1) is 13.2 Å². The highest BCUT2D eigenvalue weighted by molar-refractivity contribution is 5.85. The van der Waals surface area contributed by atoms with Crippen LogP contribution in [0.5, 0.6) is 0 Å². The third-order valence-electron chi connectivity index (χ3n) is 4.03. The molecule has 0 aliphatic carbocycles. The first-order chi connectivity index (χ1) is 12.8. The summed E-state index contributed by atoms with van der Waals surface area (Å²) in [4.78, 5) is 38.1. The van der Waals surface area contributed by atoms with Gasteiger partial charge in [-0.25, -0.2) is 4.79 Å². The normalized spacial score (nSPS) is 10.6. The van der Waals surface area contributed by atoms with Crippen LogP contribution in [-0.4, -0.2) is 68.2 Å². The summed E-state index contributed by atoms with van der Waals surface area (Å²) in [5.41, 5.74) is 0. The Morgan fingerprint density at radius 1 is 0.815 bits per heavy atom. The molecule has 0 unspecified atom stereocenters. The molecule has 0 saturated heterocycles. The fraction of sp³-hybridized carbons (Fsp3) is 0.850. The molecule has 2 amide bonds. The zero-order valence-electron chi connectivity index (χ0n) is 17.8. The number of nitrogens with zero attached hydrogens (tertiary/aromatic N) is 2. The maximum atomic E-state index is 12.1. The number of amides is 2. The van der Waals surface area contributed by atoms with E-state index in [0.29, 0.717) is 13.2 Å². The highest BCUT2D eigenvalue weighted by atomic mass is 16.6. The highest BCUT2D eigenvalue weighted by Crippen LogP contribution is 2.07. The molecule has 0 bridgehead atoms. The van der Waals surface area contributed by atoms with Crippen LogP contribution in [-0.2, 0) is 19.1 Å². The van der Waals surface area contributed by atoms with Crippen LogP contribution in [0.1, 0.15) is 65.7 Å². The summed E-state index contributed by atoms with van der Waals surface area (Å²) < 4.78 is 10.2. The second-order valence-corrected chi connectivity index (χ2v) is 7.42. The predicted octanol–water partition coefficient (Wildman–Crippen LogP) is 3.46. The summed E-state index contributed by atoms with van der Waals surface area (Å²) >= 11 is 0. The van der Waals surface area contributed by atoms with Crippen molar-refractivity contribution in [1.29, 1.82) is 0 Å². The van der Waals surface area contributed by atoms with Gasteiger partial charge in [0.25, 0.3) is 0 Å². The van der Waals surface area contributed by atoms with Gasteiger partial charge in [0, 0.05) is 14.1 Å². The van der Waals surface area contributed by atoms with Crippen LogP contribution in [0, 0.1) is 5.92 Å². The summed E-state index contributed by atoms with van der Waals surface area (Å²) in [7, 11) is 3.01. The van der Waals surface area contributed by atoms with Gasteiger partial charge in [-0.1, -0.05) is 59.3 Å². The maximum Gasteiger partial charge on any atom is 0.409 e. The lowest BCUT2D eigenvalue weighted by Gasteiger charge is -2.21. The van der Waals surface area contributed by atoms with Gasteiger partial charge in [-0.05, 0) is 12.3 Å². The Labute approximate surface area is 164 Å². The third-order valence-corrected chi connectivity index (χ3v) is 4.03. The van der Waals surface area contributed by atoms with E-state index in [1.807, 2.05) is 13.8 Å². The van der Waals surface area contributed by atoms with Gasteiger partial charge in [0.1, 0.15) is 13.1 Å². The van der Waals surface area contributed by atoms with E-state index in [1.54, 1.807) is 0 Å². The number of likely N-dealkylation sites (N-methyl/N-ethyl adjacent to an activating group) is 2. The van der Waals surface area contributed by atoms with Gasteiger partial charge in [0.15, 0.2) is 0 Å². The van der Waals surface area contributed by atoms with Gasteiger partial charge in [-0.2, -0.15) is 0 Å². The molecule has 7 nitrogen and oxygen atoms in total. The van der Waals surface area contributed by atoms with E-state index in [-0.39, 0.29) is 24.9 Å². The van der Waals surface area contributed by atoms with Crippen LogP contribution in [0.2, 0.25) is 0 Å². The fourth-order valence-corrected chi connectivity index (χ4v) is 2.31. The molecule has 0 radical (unpaired) electrons. The number of carbonyl (C=O) groups excluding carboxylic acids is 3. The first-order valence-corrected chi connectivity index (χ1v) is 10.0. The van der Waals surface area contributed by atoms with Crippen LogP contribution in [0.3, 0.4) is 0 Å². The molecule has 0 saturated carbocycles.